The lowest BCUT2D eigenvalue weighted by atomic mass is 9.63. The van der Waals surface area contributed by atoms with Crippen LogP contribution in [0.25, 0.3) is 6.08 Å². The fourth-order valence-electron chi connectivity index (χ4n) is 8.48. The van der Waals surface area contributed by atoms with Gasteiger partial charge in [-0.05, 0) is 60.6 Å². The third-order valence-electron chi connectivity index (χ3n) is 11.5. The summed E-state index contributed by atoms with van der Waals surface area (Å²) in [4.78, 5) is 70.2. The van der Waals surface area contributed by atoms with Crippen molar-refractivity contribution in [2.75, 3.05) is 21.3 Å². The zero-order valence-corrected chi connectivity index (χ0v) is 31.3. The van der Waals surface area contributed by atoms with E-state index in [1.807, 2.05) is 32.1 Å². The molecule has 2 N–H and O–H groups in total. The van der Waals surface area contributed by atoms with E-state index in [9.17, 15) is 24.3 Å². The number of nitrogens with zero attached hydrogens (tertiary/aromatic N) is 3. The second-order valence-corrected chi connectivity index (χ2v) is 14.3. The second kappa shape index (κ2) is 14.6. The molecule has 53 heavy (non-hydrogen) atoms. The summed E-state index contributed by atoms with van der Waals surface area (Å²) in [6.07, 6.45) is 9.29. The van der Waals surface area contributed by atoms with Crippen molar-refractivity contribution in [2.45, 2.75) is 72.6 Å². The van der Waals surface area contributed by atoms with Crippen LogP contribution in [0.4, 0.5) is 0 Å². The maximum Gasteiger partial charge on any atom is 0.334 e. The van der Waals surface area contributed by atoms with Gasteiger partial charge in [0, 0.05) is 78.1 Å². The van der Waals surface area contributed by atoms with Gasteiger partial charge in [0.25, 0.3) is 0 Å². The van der Waals surface area contributed by atoms with Crippen LogP contribution in [0.1, 0.15) is 75.4 Å². The van der Waals surface area contributed by atoms with E-state index in [1.54, 1.807) is 6.08 Å². The molecule has 0 saturated heterocycles. The summed E-state index contributed by atoms with van der Waals surface area (Å²) in [7, 11) is 3.93. The summed E-state index contributed by atoms with van der Waals surface area (Å²) >= 11 is 0. The number of allylic oxidation sites excluding steroid dienone is 8. The molecular formula is C41H46N4O8. The van der Waals surface area contributed by atoms with E-state index >= 15 is 0 Å². The van der Waals surface area contributed by atoms with Gasteiger partial charge in [0.2, 0.25) is 0 Å². The minimum Gasteiger partial charge on any atom is -0.481 e. The van der Waals surface area contributed by atoms with Crippen LogP contribution in [0.3, 0.4) is 0 Å². The van der Waals surface area contributed by atoms with Crippen LogP contribution in [0.2, 0.25) is 0 Å². The largest absolute Gasteiger partial charge is 0.481 e. The van der Waals surface area contributed by atoms with E-state index in [4.69, 9.17) is 29.2 Å². The molecule has 278 valence electrons. The molecular weight excluding hydrogens is 676 g/mol. The number of carboxylic acid groups (broad SMARTS) is 1. The summed E-state index contributed by atoms with van der Waals surface area (Å²) in [5.41, 5.74) is 9.82. The fourth-order valence-corrected chi connectivity index (χ4v) is 8.48. The molecule has 12 nitrogen and oxygen atoms in total. The zero-order valence-electron chi connectivity index (χ0n) is 31.3. The third kappa shape index (κ3) is 6.48. The molecule has 0 aromatic carbocycles. The number of fused-ring (bicyclic) bond motifs is 8. The number of aromatic amines is 1. The lowest BCUT2D eigenvalue weighted by Crippen LogP contribution is -2.41. The van der Waals surface area contributed by atoms with E-state index in [0.717, 1.165) is 67.8 Å². The van der Waals surface area contributed by atoms with Gasteiger partial charge in [0.1, 0.15) is 5.92 Å². The number of rotatable bonds is 9. The number of esters is 3. The first kappa shape index (κ1) is 37.4. The second-order valence-electron chi connectivity index (χ2n) is 14.3. The average Bonchev–Trinajstić information content (AvgIpc) is 3.79. The lowest BCUT2D eigenvalue weighted by molar-refractivity contribution is -0.150. The van der Waals surface area contributed by atoms with Gasteiger partial charge in [0.05, 0.1) is 43.7 Å². The van der Waals surface area contributed by atoms with Crippen LogP contribution in [-0.2, 0) is 46.2 Å². The summed E-state index contributed by atoms with van der Waals surface area (Å²) in [6.45, 7) is 12.1. The van der Waals surface area contributed by atoms with Crippen molar-refractivity contribution >= 4 is 47.1 Å². The normalized spacial score (nSPS) is 24.7. The third-order valence-corrected chi connectivity index (χ3v) is 11.5. The SMILES string of the molecule is C=CC1=C2CC3=NC(=C(CCC(=O)O)C3C)Cc3[nH]c(c(C)c3CCC(=O)OC)C=C3N=C(CC(=N2)C1C)C1=CC=C(C(=O)OC)[C@@H](C(=O)OC)[C@@]31C. The Morgan fingerprint density at radius 1 is 0.943 bits per heavy atom. The molecule has 0 saturated carbocycles. The lowest BCUT2D eigenvalue weighted by Gasteiger charge is -2.37. The highest BCUT2D eigenvalue weighted by Gasteiger charge is 2.55. The number of aliphatic imine (C=N–C) groups is 3. The molecule has 5 heterocycles. The number of hydrogen-bond acceptors (Lipinski definition) is 10. The Morgan fingerprint density at radius 3 is 2.32 bits per heavy atom. The molecule has 1 aliphatic carbocycles. The first-order valence-corrected chi connectivity index (χ1v) is 17.9. The minimum atomic E-state index is -1.12. The molecule has 0 radical (unpaired) electrons. The average molecular weight is 723 g/mol. The van der Waals surface area contributed by atoms with Gasteiger partial charge in [-0.2, -0.15) is 0 Å². The van der Waals surface area contributed by atoms with Crippen LogP contribution >= 0.6 is 0 Å². The smallest absolute Gasteiger partial charge is 0.334 e. The molecule has 0 amide bonds. The predicted octanol–water partition coefficient (Wildman–Crippen LogP) is 6.14. The van der Waals surface area contributed by atoms with Gasteiger partial charge in [-0.25, -0.2) is 4.79 Å². The maximum absolute atomic E-state index is 13.7. The highest BCUT2D eigenvalue weighted by atomic mass is 16.5. The zero-order chi connectivity index (χ0) is 38.4. The number of aliphatic carboxylic acids is 1. The summed E-state index contributed by atoms with van der Waals surface area (Å²) in [5.74, 6) is -3.68. The Labute approximate surface area is 308 Å². The van der Waals surface area contributed by atoms with E-state index < -0.39 is 29.2 Å². The van der Waals surface area contributed by atoms with Crippen molar-refractivity contribution in [3.63, 3.8) is 0 Å². The number of carbonyl (C=O) groups excluding carboxylic acids is 3. The van der Waals surface area contributed by atoms with Crippen molar-refractivity contribution in [3.8, 4) is 0 Å². The number of nitrogens with one attached hydrogen (secondary N) is 1. The van der Waals surface area contributed by atoms with Gasteiger partial charge < -0.3 is 24.3 Å². The molecule has 0 fully saturated rings. The van der Waals surface area contributed by atoms with Crippen molar-refractivity contribution in [1.29, 1.82) is 0 Å². The predicted molar refractivity (Wildman–Crippen MR) is 200 cm³/mol. The summed E-state index contributed by atoms with van der Waals surface area (Å²) in [5, 5.41) is 9.64. The molecule has 12 heteroatoms. The van der Waals surface area contributed by atoms with Crippen molar-refractivity contribution in [3.05, 3.63) is 86.7 Å². The monoisotopic (exact) mass is 722 g/mol. The summed E-state index contributed by atoms with van der Waals surface area (Å²) < 4.78 is 15.4. The number of H-pyrrole nitrogens is 1. The van der Waals surface area contributed by atoms with E-state index in [-0.39, 0.29) is 36.2 Å². The molecule has 4 atom stereocenters. The van der Waals surface area contributed by atoms with Crippen LogP contribution in [0, 0.1) is 30.1 Å². The molecule has 6 rings (SSSR count). The minimum absolute atomic E-state index is 0.0276. The van der Waals surface area contributed by atoms with E-state index in [0.29, 0.717) is 37.8 Å². The Bertz CT molecular complexity index is 2080. The Hall–Kier alpha value is -5.39. The molecule has 1 aromatic rings. The maximum atomic E-state index is 13.7. The topological polar surface area (TPSA) is 169 Å². The van der Waals surface area contributed by atoms with Crippen LogP contribution in [0.5, 0.6) is 0 Å². The van der Waals surface area contributed by atoms with Gasteiger partial charge >= 0.3 is 23.9 Å². The number of ether oxygens (including phenoxy) is 3. The highest BCUT2D eigenvalue weighted by molar-refractivity contribution is 6.18. The summed E-state index contributed by atoms with van der Waals surface area (Å²) in [6, 6.07) is 0. The van der Waals surface area contributed by atoms with Gasteiger partial charge in [-0.15, -0.1) is 0 Å². The Morgan fingerprint density at radius 2 is 1.66 bits per heavy atom. The number of aromatic nitrogens is 1. The molecule has 4 aliphatic heterocycles. The molecule has 0 spiro atoms. The van der Waals surface area contributed by atoms with Gasteiger partial charge in [-0.1, -0.05) is 38.7 Å². The van der Waals surface area contributed by atoms with Crippen molar-refractivity contribution < 1.29 is 38.5 Å². The molecule has 5 aliphatic rings. The van der Waals surface area contributed by atoms with Crippen LogP contribution in [-0.4, -0.2) is 72.4 Å². The first-order valence-electron chi connectivity index (χ1n) is 17.9. The molecule has 2 unspecified atom stereocenters. The van der Waals surface area contributed by atoms with E-state index in [2.05, 4.69) is 25.4 Å². The first-order chi connectivity index (χ1) is 25.3. The Kier molecular flexibility index (Phi) is 10.3. The number of carboxylic acids is 1. The van der Waals surface area contributed by atoms with E-state index in [1.165, 1.54) is 21.3 Å². The van der Waals surface area contributed by atoms with Crippen molar-refractivity contribution in [1.82, 2.24) is 4.98 Å². The number of hydrogen-bond donors (Lipinski definition) is 2. The molecule has 1 aromatic heterocycles. The van der Waals surface area contributed by atoms with Crippen LogP contribution in [0.15, 0.2) is 79.2 Å². The Balaban J connectivity index is 1.60. The standard InChI is InChI=1S/C41H46N4O8/c1-9-23-20(2)29-17-34-27-13-10-26(39(49)52-7)38(40(50)53-8)41(27,5)35(45-34)19-30-22(4)25(12-15-37(48)51-6)33(44-30)18-32-24(11-14-36(46)47)21(3)28(43-32)16-31(23)42-29/h9-10,13,19-21,38,44H,1,11-12,14-18H2,2-8H3,(H,46,47)/t20?,21?,38-,41+/m0/s1. The highest BCUT2D eigenvalue weighted by Crippen LogP contribution is 2.55. The van der Waals surface area contributed by atoms with Crippen LogP contribution < -0.4 is 0 Å². The van der Waals surface area contributed by atoms with Gasteiger partial charge in [0.15, 0.2) is 0 Å². The number of carbonyl (C=O) groups is 4. The van der Waals surface area contributed by atoms with Gasteiger partial charge in [-0.3, -0.25) is 29.4 Å². The quantitative estimate of drug-likeness (QED) is 0.226. The fraction of sp³-hybridized carbons (Fsp3) is 0.439. The molecule has 8 bridgehead atoms. The number of methoxy groups -OCH3 is 3. The van der Waals surface area contributed by atoms with Crippen molar-refractivity contribution in [2.24, 2.45) is 38.1 Å².